The minimum Gasteiger partial charge on any atom is -0.492 e. The fraction of sp³-hybridized carbons (Fsp3) is 0.500. The van der Waals surface area contributed by atoms with E-state index in [1.165, 1.54) is 0 Å². The number of ether oxygens (including phenoxy) is 1. The lowest BCUT2D eigenvalue weighted by Crippen LogP contribution is -2.00. The van der Waals surface area contributed by atoms with Gasteiger partial charge in [-0.3, -0.25) is 0 Å². The molecule has 0 bridgehead atoms. The van der Waals surface area contributed by atoms with E-state index in [0.717, 1.165) is 32.2 Å². The summed E-state index contributed by atoms with van der Waals surface area (Å²) in [5, 5.41) is 1.38. The van der Waals surface area contributed by atoms with Gasteiger partial charge in [0.1, 0.15) is 5.75 Å². The van der Waals surface area contributed by atoms with Crippen LogP contribution in [0.3, 0.4) is 0 Å². The van der Waals surface area contributed by atoms with Crippen LogP contribution >= 0.6 is 34.8 Å². The van der Waals surface area contributed by atoms with E-state index < -0.39 is 0 Å². The highest BCUT2D eigenvalue weighted by Crippen LogP contribution is 2.33. The molecule has 0 unspecified atom stereocenters. The average molecular weight is 297 g/mol. The summed E-state index contributed by atoms with van der Waals surface area (Å²) in [6.07, 6.45) is 4.29. The first-order valence-electron chi connectivity index (χ1n) is 5.62. The van der Waals surface area contributed by atoms with Gasteiger partial charge in [-0.05, 0) is 25.5 Å². The predicted molar refractivity (Wildman–Crippen MR) is 74.5 cm³/mol. The number of unbranched alkanes of at least 4 members (excludes halogenated alkanes) is 3. The van der Waals surface area contributed by atoms with Gasteiger partial charge >= 0.3 is 0 Å². The van der Waals surface area contributed by atoms with Gasteiger partial charge in [0.25, 0.3) is 0 Å². The zero-order valence-corrected chi connectivity index (χ0v) is 11.8. The van der Waals surface area contributed by atoms with E-state index in [4.69, 9.17) is 45.3 Å². The SMILES string of the molecule is NCCCCCCOc1cc(Cl)c(Cl)cc1Cl. The molecule has 1 aromatic carbocycles. The van der Waals surface area contributed by atoms with E-state index >= 15 is 0 Å². The Hall–Kier alpha value is -0.150. The Balaban J connectivity index is 2.34. The van der Waals surface area contributed by atoms with Gasteiger partial charge in [-0.2, -0.15) is 0 Å². The average Bonchev–Trinajstić information content (AvgIpc) is 2.30. The molecule has 2 nitrogen and oxygen atoms in total. The van der Waals surface area contributed by atoms with Gasteiger partial charge in [0.2, 0.25) is 0 Å². The molecule has 17 heavy (non-hydrogen) atoms. The normalized spacial score (nSPS) is 10.6. The summed E-state index contributed by atoms with van der Waals surface area (Å²) in [5.74, 6) is 0.583. The van der Waals surface area contributed by atoms with E-state index in [2.05, 4.69) is 0 Å². The molecule has 0 aliphatic carbocycles. The van der Waals surface area contributed by atoms with Crippen LogP contribution in [-0.4, -0.2) is 13.2 Å². The van der Waals surface area contributed by atoms with Crippen molar-refractivity contribution in [3.63, 3.8) is 0 Å². The number of nitrogens with two attached hydrogens (primary N) is 1. The highest BCUT2D eigenvalue weighted by Gasteiger charge is 2.06. The Labute approximate surface area is 117 Å². The highest BCUT2D eigenvalue weighted by molar-refractivity contribution is 6.43. The van der Waals surface area contributed by atoms with Crippen molar-refractivity contribution in [1.29, 1.82) is 0 Å². The fourth-order valence-electron chi connectivity index (χ4n) is 1.40. The lowest BCUT2D eigenvalue weighted by Gasteiger charge is -2.09. The van der Waals surface area contributed by atoms with E-state index in [0.29, 0.717) is 27.4 Å². The van der Waals surface area contributed by atoms with Gasteiger partial charge in [0.15, 0.2) is 0 Å². The molecule has 0 heterocycles. The largest absolute Gasteiger partial charge is 0.492 e. The van der Waals surface area contributed by atoms with Gasteiger partial charge in [0, 0.05) is 6.07 Å². The van der Waals surface area contributed by atoms with Crippen molar-refractivity contribution < 1.29 is 4.74 Å². The predicted octanol–water partition coefficient (Wildman–Crippen LogP) is 4.54. The third-order valence-electron chi connectivity index (χ3n) is 2.33. The maximum absolute atomic E-state index is 5.98. The molecule has 96 valence electrons. The maximum atomic E-state index is 5.98. The molecule has 0 aliphatic heterocycles. The molecule has 0 saturated carbocycles. The summed E-state index contributed by atoms with van der Waals surface area (Å²) < 4.78 is 5.55. The van der Waals surface area contributed by atoms with Gasteiger partial charge in [0.05, 0.1) is 21.7 Å². The monoisotopic (exact) mass is 295 g/mol. The topological polar surface area (TPSA) is 35.2 Å². The molecule has 1 aromatic rings. The van der Waals surface area contributed by atoms with Crippen LogP contribution < -0.4 is 10.5 Å². The standard InChI is InChI=1S/C12H16Cl3NO/c13-9-7-11(15)12(8-10(9)14)17-6-4-2-1-3-5-16/h7-8H,1-6,16H2. The molecule has 0 aromatic heterocycles. The van der Waals surface area contributed by atoms with E-state index in [-0.39, 0.29) is 0 Å². The Morgan fingerprint density at radius 1 is 0.882 bits per heavy atom. The molecular weight excluding hydrogens is 280 g/mol. The van der Waals surface area contributed by atoms with Crippen molar-refractivity contribution in [1.82, 2.24) is 0 Å². The van der Waals surface area contributed by atoms with E-state index in [1.54, 1.807) is 12.1 Å². The summed E-state index contributed by atoms with van der Waals surface area (Å²) in [5.41, 5.74) is 5.41. The number of hydrogen-bond donors (Lipinski definition) is 1. The van der Waals surface area contributed by atoms with Crippen LogP contribution in [0.1, 0.15) is 25.7 Å². The zero-order valence-electron chi connectivity index (χ0n) is 9.52. The molecule has 0 spiro atoms. The van der Waals surface area contributed by atoms with Gasteiger partial charge in [-0.15, -0.1) is 0 Å². The first kappa shape index (κ1) is 14.9. The van der Waals surface area contributed by atoms with E-state index in [1.807, 2.05) is 0 Å². The fourth-order valence-corrected chi connectivity index (χ4v) is 1.99. The highest BCUT2D eigenvalue weighted by atomic mass is 35.5. The molecule has 2 N–H and O–H groups in total. The third kappa shape index (κ3) is 5.35. The number of rotatable bonds is 7. The zero-order chi connectivity index (χ0) is 12.7. The molecule has 1 rings (SSSR count). The second-order valence-corrected chi connectivity index (χ2v) is 4.97. The van der Waals surface area contributed by atoms with Crippen LogP contribution in [-0.2, 0) is 0 Å². The van der Waals surface area contributed by atoms with Crippen LogP contribution in [0.25, 0.3) is 0 Å². The van der Waals surface area contributed by atoms with Crippen molar-refractivity contribution in [2.75, 3.05) is 13.2 Å². The van der Waals surface area contributed by atoms with Gasteiger partial charge < -0.3 is 10.5 Å². The summed E-state index contributed by atoms with van der Waals surface area (Å²) in [6.45, 7) is 1.38. The van der Waals surface area contributed by atoms with Crippen molar-refractivity contribution in [3.8, 4) is 5.75 Å². The van der Waals surface area contributed by atoms with E-state index in [9.17, 15) is 0 Å². The Morgan fingerprint density at radius 2 is 1.53 bits per heavy atom. The molecule has 0 atom stereocenters. The minimum atomic E-state index is 0.437. The van der Waals surface area contributed by atoms with Crippen molar-refractivity contribution in [3.05, 3.63) is 27.2 Å². The Bertz CT molecular complexity index is 358. The Kier molecular flexibility index (Phi) is 7.05. The number of hydrogen-bond acceptors (Lipinski definition) is 2. The molecule has 0 radical (unpaired) electrons. The van der Waals surface area contributed by atoms with Crippen LogP contribution in [0.4, 0.5) is 0 Å². The lowest BCUT2D eigenvalue weighted by atomic mass is 10.2. The summed E-state index contributed by atoms with van der Waals surface area (Å²) in [4.78, 5) is 0. The number of benzene rings is 1. The maximum Gasteiger partial charge on any atom is 0.139 e. The third-order valence-corrected chi connectivity index (χ3v) is 3.35. The quantitative estimate of drug-likeness (QED) is 0.592. The summed E-state index contributed by atoms with van der Waals surface area (Å²) in [6, 6.07) is 3.24. The lowest BCUT2D eigenvalue weighted by molar-refractivity contribution is 0.305. The second kappa shape index (κ2) is 8.04. The van der Waals surface area contributed by atoms with Crippen LogP contribution in [0.15, 0.2) is 12.1 Å². The van der Waals surface area contributed by atoms with Gasteiger partial charge in [-0.25, -0.2) is 0 Å². The van der Waals surface area contributed by atoms with Gasteiger partial charge in [-0.1, -0.05) is 47.6 Å². The summed E-state index contributed by atoms with van der Waals surface area (Å²) in [7, 11) is 0. The van der Waals surface area contributed by atoms with Crippen LogP contribution in [0, 0.1) is 0 Å². The molecule has 0 amide bonds. The smallest absolute Gasteiger partial charge is 0.139 e. The number of halogens is 3. The first-order chi connectivity index (χ1) is 8.15. The summed E-state index contributed by atoms with van der Waals surface area (Å²) >= 11 is 17.7. The second-order valence-electron chi connectivity index (χ2n) is 3.75. The van der Waals surface area contributed by atoms with Crippen molar-refractivity contribution in [2.24, 2.45) is 5.73 Å². The van der Waals surface area contributed by atoms with Crippen molar-refractivity contribution in [2.45, 2.75) is 25.7 Å². The Morgan fingerprint density at radius 3 is 2.24 bits per heavy atom. The molecular formula is C12H16Cl3NO. The van der Waals surface area contributed by atoms with Crippen LogP contribution in [0.2, 0.25) is 15.1 Å². The first-order valence-corrected chi connectivity index (χ1v) is 6.76. The molecule has 0 aliphatic rings. The molecule has 0 saturated heterocycles. The van der Waals surface area contributed by atoms with Crippen molar-refractivity contribution >= 4 is 34.8 Å². The minimum absolute atomic E-state index is 0.437. The van der Waals surface area contributed by atoms with Crippen LogP contribution in [0.5, 0.6) is 5.75 Å². The molecule has 0 fully saturated rings. The molecule has 5 heteroatoms.